The average molecular weight is 744 g/mol. The second-order valence-corrected chi connectivity index (χ2v) is 16.9. The van der Waals surface area contributed by atoms with Crippen LogP contribution in [0.15, 0.2) is 148 Å². The normalized spacial score (nSPS) is 12.4. The minimum absolute atomic E-state index is 0.113. The lowest BCUT2D eigenvalue weighted by atomic mass is 9.79. The first-order chi connectivity index (χ1) is 27.8. The molecule has 3 heteroatoms. The monoisotopic (exact) mass is 743 g/mol. The van der Waals surface area contributed by atoms with Gasteiger partial charge in [-0.25, -0.2) is 0 Å². The van der Waals surface area contributed by atoms with Crippen LogP contribution in [0.3, 0.4) is 0 Å². The molecule has 3 heterocycles. The number of benzene rings is 7. The van der Waals surface area contributed by atoms with Crippen molar-refractivity contribution in [1.82, 2.24) is 4.57 Å². The van der Waals surface area contributed by atoms with Crippen molar-refractivity contribution in [2.75, 3.05) is 0 Å². The van der Waals surface area contributed by atoms with Crippen LogP contribution in [0.1, 0.15) is 76.8 Å². The molecule has 0 unspecified atom stereocenters. The van der Waals surface area contributed by atoms with Crippen LogP contribution in [0.4, 0.5) is 0 Å². The van der Waals surface area contributed by atoms with E-state index in [0.717, 1.165) is 38.7 Å². The van der Waals surface area contributed by atoms with E-state index in [1.807, 2.05) is 0 Å². The molecule has 0 N–H and O–H groups in total. The number of furan rings is 2. The second kappa shape index (κ2) is 14.2. The number of para-hydroxylation sites is 1. The molecular weight excluding hydrogens is 695 g/mol. The van der Waals surface area contributed by atoms with E-state index in [-0.39, 0.29) is 5.41 Å². The Morgan fingerprint density at radius 1 is 0.456 bits per heavy atom. The predicted molar refractivity (Wildman–Crippen MR) is 242 cm³/mol. The zero-order valence-electron chi connectivity index (χ0n) is 33.5. The van der Waals surface area contributed by atoms with Crippen molar-refractivity contribution in [3.05, 3.63) is 151 Å². The van der Waals surface area contributed by atoms with E-state index < -0.39 is 0 Å². The molecule has 10 rings (SSSR count). The highest BCUT2D eigenvalue weighted by Gasteiger charge is 2.22. The highest BCUT2D eigenvalue weighted by Crippen LogP contribution is 2.40. The van der Waals surface area contributed by atoms with Gasteiger partial charge in [0.05, 0.1) is 11.0 Å². The molecule has 10 aromatic rings. The van der Waals surface area contributed by atoms with Crippen molar-refractivity contribution in [1.29, 1.82) is 0 Å². The summed E-state index contributed by atoms with van der Waals surface area (Å²) in [7, 11) is 0. The van der Waals surface area contributed by atoms with E-state index in [1.54, 1.807) is 0 Å². The molecule has 0 spiro atoms. The van der Waals surface area contributed by atoms with Crippen molar-refractivity contribution in [2.24, 2.45) is 0 Å². The van der Waals surface area contributed by atoms with Crippen molar-refractivity contribution in [2.45, 2.75) is 78.1 Å². The molecule has 0 aliphatic heterocycles. The van der Waals surface area contributed by atoms with Crippen LogP contribution in [0, 0.1) is 6.92 Å². The minimum Gasteiger partial charge on any atom is -0.456 e. The van der Waals surface area contributed by atoms with Gasteiger partial charge >= 0.3 is 0 Å². The van der Waals surface area contributed by atoms with Crippen molar-refractivity contribution >= 4 is 65.7 Å². The molecular formula is C54H49NO2. The van der Waals surface area contributed by atoms with Gasteiger partial charge in [0, 0.05) is 38.0 Å². The van der Waals surface area contributed by atoms with Gasteiger partial charge in [-0.1, -0.05) is 119 Å². The average Bonchev–Trinajstić information content (AvgIpc) is 3.90. The summed E-state index contributed by atoms with van der Waals surface area (Å²) in [5.74, 6) is 0. The molecule has 0 radical (unpaired) electrons. The maximum absolute atomic E-state index is 6.53. The fraction of sp³-hybridized carbons (Fsp3) is 0.222. The third-order valence-corrected chi connectivity index (χ3v) is 12.5. The summed E-state index contributed by atoms with van der Waals surface area (Å²) in [4.78, 5) is 0. The quantitative estimate of drug-likeness (QED) is 0.124. The molecule has 0 amide bonds. The van der Waals surface area contributed by atoms with E-state index in [4.69, 9.17) is 8.83 Å². The lowest BCUT2D eigenvalue weighted by Crippen LogP contribution is -2.16. The van der Waals surface area contributed by atoms with Gasteiger partial charge in [-0.05, 0) is 132 Å². The summed E-state index contributed by atoms with van der Waals surface area (Å²) in [6, 6.07) is 51.0. The first-order valence-electron chi connectivity index (χ1n) is 20.9. The number of nitrogens with zero attached hydrogens (tertiary/aromatic N) is 1. The van der Waals surface area contributed by atoms with Gasteiger partial charge in [-0.3, -0.25) is 0 Å². The standard InChI is InChI=1S/C54H49NO2/c1-5-6-7-8-9-13-28-54(3,4)40-21-27-52-47(34-40)46-32-38(20-26-51(46)56-52)37-19-25-50-45(31-37)42-22-17-39(33-53(42)57-50)36-18-24-49-44(30-36)43-29-35(2)16-23-48(43)55(49)41-14-11-10-12-15-41/h10-12,14-27,29-34H,5-9,13,28H2,1-4H3. The molecule has 3 aromatic heterocycles. The van der Waals surface area contributed by atoms with Crippen molar-refractivity contribution in [3.8, 4) is 27.9 Å². The number of rotatable bonds is 11. The van der Waals surface area contributed by atoms with Crippen LogP contribution in [0.25, 0.3) is 93.6 Å². The number of unbranched alkanes of at least 4 members (excludes halogenated alkanes) is 5. The highest BCUT2D eigenvalue weighted by molar-refractivity contribution is 6.12. The summed E-state index contributed by atoms with van der Waals surface area (Å²) in [6.07, 6.45) is 9.14. The summed E-state index contributed by atoms with van der Waals surface area (Å²) in [5.41, 5.74) is 14.7. The molecule has 0 saturated carbocycles. The van der Waals surface area contributed by atoms with Gasteiger partial charge in [-0.15, -0.1) is 0 Å². The van der Waals surface area contributed by atoms with Crippen molar-refractivity contribution < 1.29 is 8.83 Å². The van der Waals surface area contributed by atoms with Gasteiger partial charge in [0.15, 0.2) is 0 Å². The second-order valence-electron chi connectivity index (χ2n) is 16.9. The van der Waals surface area contributed by atoms with E-state index in [9.17, 15) is 0 Å². The number of aromatic nitrogens is 1. The smallest absolute Gasteiger partial charge is 0.136 e. The molecule has 0 bridgehead atoms. The van der Waals surface area contributed by atoms with E-state index in [1.165, 1.54) is 111 Å². The highest BCUT2D eigenvalue weighted by atomic mass is 16.3. The number of hydrogen-bond acceptors (Lipinski definition) is 2. The largest absolute Gasteiger partial charge is 0.456 e. The summed E-state index contributed by atoms with van der Waals surface area (Å²) in [6.45, 7) is 9.24. The van der Waals surface area contributed by atoms with Crippen LogP contribution < -0.4 is 0 Å². The zero-order chi connectivity index (χ0) is 38.7. The molecule has 0 aliphatic carbocycles. The molecule has 282 valence electrons. The Hall–Kier alpha value is -6.06. The Morgan fingerprint density at radius 3 is 1.74 bits per heavy atom. The predicted octanol–water partition coefficient (Wildman–Crippen LogP) is 16.3. The maximum atomic E-state index is 6.53. The lowest BCUT2D eigenvalue weighted by Gasteiger charge is -2.25. The number of fused-ring (bicyclic) bond motifs is 9. The fourth-order valence-electron chi connectivity index (χ4n) is 9.18. The Morgan fingerprint density at radius 2 is 1.00 bits per heavy atom. The molecule has 3 nitrogen and oxygen atoms in total. The lowest BCUT2D eigenvalue weighted by molar-refractivity contribution is 0.443. The Balaban J connectivity index is 0.978. The van der Waals surface area contributed by atoms with E-state index >= 15 is 0 Å². The van der Waals surface area contributed by atoms with Crippen molar-refractivity contribution in [3.63, 3.8) is 0 Å². The van der Waals surface area contributed by atoms with Crippen LogP contribution in [-0.2, 0) is 5.41 Å². The number of aryl methyl sites for hydroxylation is 1. The minimum atomic E-state index is 0.113. The van der Waals surface area contributed by atoms with Crippen LogP contribution >= 0.6 is 0 Å². The van der Waals surface area contributed by atoms with Gasteiger partial charge in [0.25, 0.3) is 0 Å². The van der Waals surface area contributed by atoms with Gasteiger partial charge in [0.1, 0.15) is 22.3 Å². The SMILES string of the molecule is CCCCCCCCC(C)(C)c1ccc2oc3ccc(-c4ccc5oc6cc(-c7ccc8c(c7)c7cc(C)ccc7n8-c7ccccc7)ccc6c5c4)cc3c2c1. The first-order valence-corrected chi connectivity index (χ1v) is 20.9. The topological polar surface area (TPSA) is 31.2 Å². The van der Waals surface area contributed by atoms with Gasteiger partial charge in [-0.2, -0.15) is 0 Å². The van der Waals surface area contributed by atoms with Crippen LogP contribution in [0.2, 0.25) is 0 Å². The Labute approximate surface area is 334 Å². The molecule has 0 atom stereocenters. The molecule has 0 aliphatic rings. The maximum Gasteiger partial charge on any atom is 0.136 e. The molecule has 57 heavy (non-hydrogen) atoms. The van der Waals surface area contributed by atoms with E-state index in [0.29, 0.717) is 0 Å². The molecule has 0 saturated heterocycles. The summed E-state index contributed by atoms with van der Waals surface area (Å²) in [5, 5.41) is 7.13. The van der Waals surface area contributed by atoms with Gasteiger partial charge < -0.3 is 13.4 Å². The zero-order valence-corrected chi connectivity index (χ0v) is 33.5. The summed E-state index contributed by atoms with van der Waals surface area (Å²) < 4.78 is 15.3. The Bertz CT molecular complexity index is 3100. The fourth-order valence-corrected chi connectivity index (χ4v) is 9.18. The third kappa shape index (κ3) is 6.30. The number of hydrogen-bond donors (Lipinski definition) is 0. The Kier molecular flexibility index (Phi) is 8.78. The first kappa shape index (κ1) is 35.4. The summed E-state index contributed by atoms with van der Waals surface area (Å²) >= 11 is 0. The van der Waals surface area contributed by atoms with Gasteiger partial charge in [0.2, 0.25) is 0 Å². The third-order valence-electron chi connectivity index (χ3n) is 12.5. The molecule has 0 fully saturated rings. The van der Waals surface area contributed by atoms with Crippen LogP contribution in [-0.4, -0.2) is 4.57 Å². The molecule has 7 aromatic carbocycles. The van der Waals surface area contributed by atoms with E-state index in [2.05, 4.69) is 172 Å². The van der Waals surface area contributed by atoms with Crippen LogP contribution in [0.5, 0.6) is 0 Å².